The maximum Gasteiger partial charge on any atom is 0.164 e. The van der Waals surface area contributed by atoms with Gasteiger partial charge in [-0.25, -0.2) is 0 Å². The summed E-state index contributed by atoms with van der Waals surface area (Å²) in [6.07, 6.45) is 4.53. The molecule has 2 aromatic carbocycles. The molecule has 0 unspecified atom stereocenters. The number of rotatable bonds is 4. The molecule has 1 fully saturated rings. The first-order chi connectivity index (χ1) is 9.84. The Bertz CT molecular complexity index is 594. The van der Waals surface area contributed by atoms with Crippen molar-refractivity contribution >= 4 is 16.6 Å². The fourth-order valence-electron chi connectivity index (χ4n) is 3.05. The van der Waals surface area contributed by atoms with Crippen molar-refractivity contribution in [2.45, 2.75) is 25.7 Å². The van der Waals surface area contributed by atoms with Crippen LogP contribution in [0, 0.1) is 0 Å². The van der Waals surface area contributed by atoms with Crippen LogP contribution in [0.25, 0.3) is 10.8 Å². The Hall–Kier alpha value is -1.67. The number of carbonyl (C=O) groups excluding carboxylic acids is 1. The largest absolute Gasteiger partial charge is 0.303 e. The molecule has 1 aliphatic rings. The molecule has 2 nitrogen and oxygen atoms in total. The van der Waals surface area contributed by atoms with Crippen LogP contribution in [-0.4, -0.2) is 30.3 Å². The molecule has 0 radical (unpaired) electrons. The highest BCUT2D eigenvalue weighted by molar-refractivity contribution is 6.08. The summed E-state index contributed by atoms with van der Waals surface area (Å²) >= 11 is 0. The van der Waals surface area contributed by atoms with Crippen molar-refractivity contribution in [3.05, 3.63) is 48.0 Å². The molecule has 1 aliphatic heterocycles. The monoisotopic (exact) mass is 267 g/mol. The first-order valence-electron chi connectivity index (χ1n) is 7.58. The first-order valence-corrected chi connectivity index (χ1v) is 7.58. The average Bonchev–Trinajstić information content (AvgIpc) is 2.53. The summed E-state index contributed by atoms with van der Waals surface area (Å²) < 4.78 is 0. The second-order valence-corrected chi connectivity index (χ2v) is 5.60. The SMILES string of the molecule is O=C(CCN1CCCCC1)c1cccc2ccccc12. The zero-order valence-electron chi connectivity index (χ0n) is 11.8. The molecule has 0 N–H and O–H groups in total. The van der Waals surface area contributed by atoms with Gasteiger partial charge in [-0.05, 0) is 36.7 Å². The standard InChI is InChI=1S/C18H21NO/c20-18(11-14-19-12-4-1-5-13-19)17-10-6-8-15-7-2-3-9-16(15)17/h2-3,6-10H,1,4-5,11-14H2. The van der Waals surface area contributed by atoms with Crippen LogP contribution in [0.15, 0.2) is 42.5 Å². The van der Waals surface area contributed by atoms with Gasteiger partial charge in [0.1, 0.15) is 0 Å². The maximum atomic E-state index is 12.5. The van der Waals surface area contributed by atoms with Gasteiger partial charge in [-0.15, -0.1) is 0 Å². The summed E-state index contributed by atoms with van der Waals surface area (Å²) in [5, 5.41) is 2.23. The molecule has 0 bridgehead atoms. The summed E-state index contributed by atoms with van der Waals surface area (Å²) in [5.74, 6) is 0.271. The summed E-state index contributed by atoms with van der Waals surface area (Å²) in [6.45, 7) is 3.22. The van der Waals surface area contributed by atoms with Crippen molar-refractivity contribution in [2.24, 2.45) is 0 Å². The van der Waals surface area contributed by atoms with E-state index in [1.54, 1.807) is 0 Å². The van der Waals surface area contributed by atoms with Crippen LogP contribution >= 0.6 is 0 Å². The van der Waals surface area contributed by atoms with Gasteiger partial charge in [0.25, 0.3) is 0 Å². The third kappa shape index (κ3) is 2.91. The molecule has 3 rings (SSSR count). The first kappa shape index (κ1) is 13.3. The van der Waals surface area contributed by atoms with Crippen LogP contribution in [0.4, 0.5) is 0 Å². The van der Waals surface area contributed by atoms with Gasteiger partial charge in [-0.1, -0.05) is 48.9 Å². The third-order valence-electron chi connectivity index (χ3n) is 4.19. The highest BCUT2D eigenvalue weighted by Crippen LogP contribution is 2.20. The Morgan fingerprint density at radius 1 is 0.950 bits per heavy atom. The molecular weight excluding hydrogens is 246 g/mol. The van der Waals surface area contributed by atoms with Crippen molar-refractivity contribution in [2.75, 3.05) is 19.6 Å². The van der Waals surface area contributed by atoms with Crippen LogP contribution in [0.5, 0.6) is 0 Å². The number of likely N-dealkylation sites (tertiary alicyclic amines) is 1. The van der Waals surface area contributed by atoms with E-state index < -0.39 is 0 Å². The Morgan fingerprint density at radius 3 is 2.55 bits per heavy atom. The van der Waals surface area contributed by atoms with Gasteiger partial charge in [0.15, 0.2) is 5.78 Å². The van der Waals surface area contributed by atoms with E-state index in [1.807, 2.05) is 30.3 Å². The molecule has 104 valence electrons. The number of hydrogen-bond donors (Lipinski definition) is 0. The Labute approximate surface area is 120 Å². The lowest BCUT2D eigenvalue weighted by Crippen LogP contribution is -2.31. The lowest BCUT2D eigenvalue weighted by molar-refractivity contribution is 0.0960. The van der Waals surface area contributed by atoms with Gasteiger partial charge >= 0.3 is 0 Å². The Morgan fingerprint density at radius 2 is 1.70 bits per heavy atom. The lowest BCUT2D eigenvalue weighted by atomic mass is 9.99. The third-order valence-corrected chi connectivity index (χ3v) is 4.19. The van der Waals surface area contributed by atoms with Crippen molar-refractivity contribution in [3.63, 3.8) is 0 Å². The molecule has 0 aromatic heterocycles. The number of fused-ring (bicyclic) bond motifs is 1. The number of benzene rings is 2. The zero-order valence-corrected chi connectivity index (χ0v) is 11.8. The molecule has 1 heterocycles. The predicted molar refractivity (Wildman–Crippen MR) is 83.2 cm³/mol. The number of hydrogen-bond acceptors (Lipinski definition) is 2. The zero-order chi connectivity index (χ0) is 13.8. The van der Waals surface area contributed by atoms with Crippen molar-refractivity contribution in [3.8, 4) is 0 Å². The van der Waals surface area contributed by atoms with E-state index in [0.29, 0.717) is 6.42 Å². The molecule has 0 amide bonds. The summed E-state index contributed by atoms with van der Waals surface area (Å²) in [4.78, 5) is 14.9. The number of ketones is 1. The fourth-order valence-corrected chi connectivity index (χ4v) is 3.05. The predicted octanol–water partition coefficient (Wildman–Crippen LogP) is 3.90. The number of carbonyl (C=O) groups is 1. The molecule has 2 heteroatoms. The van der Waals surface area contributed by atoms with E-state index in [9.17, 15) is 4.79 Å². The molecule has 0 spiro atoms. The minimum Gasteiger partial charge on any atom is -0.303 e. The van der Waals surface area contributed by atoms with E-state index in [2.05, 4.69) is 17.0 Å². The summed E-state index contributed by atoms with van der Waals surface area (Å²) in [5.41, 5.74) is 0.875. The molecule has 0 saturated carbocycles. The second-order valence-electron chi connectivity index (χ2n) is 5.60. The van der Waals surface area contributed by atoms with Crippen LogP contribution in [0.1, 0.15) is 36.0 Å². The molecule has 20 heavy (non-hydrogen) atoms. The van der Waals surface area contributed by atoms with Crippen LogP contribution in [0.2, 0.25) is 0 Å². The van der Waals surface area contributed by atoms with Crippen molar-refractivity contribution < 1.29 is 4.79 Å². The average molecular weight is 267 g/mol. The van der Waals surface area contributed by atoms with Crippen LogP contribution < -0.4 is 0 Å². The number of Topliss-reactive ketones (excluding diaryl/α,β-unsaturated/α-hetero) is 1. The van der Waals surface area contributed by atoms with E-state index in [4.69, 9.17) is 0 Å². The molecule has 0 aliphatic carbocycles. The smallest absolute Gasteiger partial charge is 0.164 e. The molecular formula is C18H21NO. The van der Waals surface area contributed by atoms with Crippen molar-refractivity contribution in [1.29, 1.82) is 0 Å². The molecule has 2 aromatic rings. The summed E-state index contributed by atoms with van der Waals surface area (Å²) in [7, 11) is 0. The number of piperidine rings is 1. The topological polar surface area (TPSA) is 20.3 Å². The van der Waals surface area contributed by atoms with Crippen molar-refractivity contribution in [1.82, 2.24) is 4.90 Å². The minimum atomic E-state index is 0.271. The van der Waals surface area contributed by atoms with Gasteiger partial charge in [-0.2, -0.15) is 0 Å². The van der Waals surface area contributed by atoms with Crippen LogP contribution in [0.3, 0.4) is 0 Å². The molecule has 0 atom stereocenters. The minimum absolute atomic E-state index is 0.271. The highest BCUT2D eigenvalue weighted by Gasteiger charge is 2.14. The van der Waals surface area contributed by atoms with Gasteiger partial charge in [0.05, 0.1) is 0 Å². The Kier molecular flexibility index (Phi) is 4.12. The van der Waals surface area contributed by atoms with E-state index >= 15 is 0 Å². The molecule has 1 saturated heterocycles. The van der Waals surface area contributed by atoms with E-state index in [1.165, 1.54) is 19.3 Å². The van der Waals surface area contributed by atoms with Crippen LogP contribution in [-0.2, 0) is 0 Å². The number of nitrogens with zero attached hydrogens (tertiary/aromatic N) is 1. The normalized spacial score (nSPS) is 16.4. The fraction of sp³-hybridized carbons (Fsp3) is 0.389. The van der Waals surface area contributed by atoms with Gasteiger partial charge in [0, 0.05) is 18.5 Å². The van der Waals surface area contributed by atoms with E-state index in [0.717, 1.165) is 36.0 Å². The highest BCUT2D eigenvalue weighted by atomic mass is 16.1. The van der Waals surface area contributed by atoms with E-state index in [-0.39, 0.29) is 5.78 Å². The van der Waals surface area contributed by atoms with Gasteiger partial charge in [-0.3, -0.25) is 4.79 Å². The maximum absolute atomic E-state index is 12.5. The van der Waals surface area contributed by atoms with Gasteiger partial charge < -0.3 is 4.90 Å². The Balaban J connectivity index is 1.72. The summed E-state index contributed by atoms with van der Waals surface area (Å²) in [6, 6.07) is 14.1. The quantitative estimate of drug-likeness (QED) is 0.783. The van der Waals surface area contributed by atoms with Gasteiger partial charge in [0.2, 0.25) is 0 Å². The second kappa shape index (κ2) is 6.19. The lowest BCUT2D eigenvalue weighted by Gasteiger charge is -2.26.